The number of rotatable bonds is 3. The molecule has 1 aliphatic rings. The Balaban J connectivity index is 1.75. The van der Waals surface area contributed by atoms with Crippen molar-refractivity contribution in [2.45, 2.75) is 19.4 Å². The molecule has 0 saturated carbocycles. The van der Waals surface area contributed by atoms with Gasteiger partial charge in [-0.25, -0.2) is 0 Å². The summed E-state index contributed by atoms with van der Waals surface area (Å²) in [5, 5.41) is 1.99. The van der Waals surface area contributed by atoms with Crippen molar-refractivity contribution in [3.63, 3.8) is 0 Å². The van der Waals surface area contributed by atoms with Gasteiger partial charge in [-0.15, -0.1) is 11.3 Å². The summed E-state index contributed by atoms with van der Waals surface area (Å²) in [6, 6.07) is 13.8. The van der Waals surface area contributed by atoms with E-state index in [2.05, 4.69) is 0 Å². The molecule has 2 aromatic rings. The lowest BCUT2D eigenvalue weighted by Crippen LogP contribution is -2.52. The molecule has 23 heavy (non-hydrogen) atoms. The molecule has 1 saturated heterocycles. The van der Waals surface area contributed by atoms with E-state index in [-0.39, 0.29) is 17.9 Å². The molecule has 0 radical (unpaired) electrons. The molecule has 4 nitrogen and oxygen atoms in total. The molecular formula is C18H20N2O2S. The Morgan fingerprint density at radius 2 is 1.91 bits per heavy atom. The third kappa shape index (κ3) is 3.62. The van der Waals surface area contributed by atoms with E-state index in [1.165, 1.54) is 0 Å². The molecule has 2 heterocycles. The molecule has 1 aromatic carbocycles. The van der Waals surface area contributed by atoms with Crippen LogP contribution in [-0.2, 0) is 16.0 Å². The van der Waals surface area contributed by atoms with Crippen LogP contribution in [0.5, 0.6) is 0 Å². The molecule has 0 N–H and O–H groups in total. The molecule has 120 valence electrons. The summed E-state index contributed by atoms with van der Waals surface area (Å²) in [6.07, 6.45) is 0.444. The Bertz CT molecular complexity index is 670. The van der Waals surface area contributed by atoms with Crippen LogP contribution >= 0.6 is 11.3 Å². The molecule has 0 bridgehead atoms. The summed E-state index contributed by atoms with van der Waals surface area (Å²) < 4.78 is 0. The van der Waals surface area contributed by atoms with Gasteiger partial charge < -0.3 is 9.80 Å². The van der Waals surface area contributed by atoms with Crippen molar-refractivity contribution in [1.29, 1.82) is 0 Å². The smallest absolute Gasteiger partial charge is 0.227 e. The standard InChI is InChI=1S/C18H20N2O2S/c1-14(21)20-10-9-19(18(22)12-16-8-5-11-23-16)13-17(20)15-6-3-2-4-7-15/h2-8,11,17H,9-10,12-13H2,1H3/t17-/m0/s1. The van der Waals surface area contributed by atoms with Crippen molar-refractivity contribution in [2.24, 2.45) is 0 Å². The quantitative estimate of drug-likeness (QED) is 0.869. The third-order valence-corrected chi connectivity index (χ3v) is 5.10. The third-order valence-electron chi connectivity index (χ3n) is 4.23. The number of piperazine rings is 1. The number of hydrogen-bond acceptors (Lipinski definition) is 3. The van der Waals surface area contributed by atoms with E-state index in [1.54, 1.807) is 18.3 Å². The maximum absolute atomic E-state index is 12.5. The maximum atomic E-state index is 12.5. The minimum atomic E-state index is -0.0604. The van der Waals surface area contributed by atoms with Crippen LogP contribution in [0.2, 0.25) is 0 Å². The van der Waals surface area contributed by atoms with Crippen molar-refractivity contribution < 1.29 is 9.59 Å². The summed E-state index contributed by atoms with van der Waals surface area (Å²) in [6.45, 7) is 3.35. The second-order valence-electron chi connectivity index (χ2n) is 5.73. The number of thiophene rings is 1. The first-order chi connectivity index (χ1) is 11.1. The molecule has 1 fully saturated rings. The number of nitrogens with zero attached hydrogens (tertiary/aromatic N) is 2. The van der Waals surface area contributed by atoms with Crippen LogP contribution < -0.4 is 0 Å². The van der Waals surface area contributed by atoms with Crippen LogP contribution in [-0.4, -0.2) is 41.2 Å². The summed E-state index contributed by atoms with van der Waals surface area (Å²) in [5.41, 5.74) is 1.08. The zero-order valence-electron chi connectivity index (χ0n) is 13.1. The van der Waals surface area contributed by atoms with Gasteiger partial charge in [-0.1, -0.05) is 36.4 Å². The van der Waals surface area contributed by atoms with Gasteiger partial charge in [0.2, 0.25) is 11.8 Å². The summed E-state index contributed by atoms with van der Waals surface area (Å²) in [5.74, 6) is 0.195. The van der Waals surface area contributed by atoms with E-state index in [1.807, 2.05) is 57.6 Å². The van der Waals surface area contributed by atoms with Gasteiger partial charge in [0.25, 0.3) is 0 Å². The molecule has 0 unspecified atom stereocenters. The maximum Gasteiger partial charge on any atom is 0.227 e. The Hall–Kier alpha value is -2.14. The van der Waals surface area contributed by atoms with Crippen molar-refractivity contribution in [3.8, 4) is 0 Å². The molecule has 2 amide bonds. The average Bonchev–Trinajstić information content (AvgIpc) is 3.08. The normalized spacial score (nSPS) is 18.0. The first-order valence-electron chi connectivity index (χ1n) is 7.77. The highest BCUT2D eigenvalue weighted by Gasteiger charge is 2.31. The molecule has 1 atom stereocenters. The highest BCUT2D eigenvalue weighted by atomic mass is 32.1. The first kappa shape index (κ1) is 15.7. The largest absolute Gasteiger partial charge is 0.338 e. The van der Waals surface area contributed by atoms with Crippen LogP contribution in [0, 0.1) is 0 Å². The van der Waals surface area contributed by atoms with Gasteiger partial charge in [0.1, 0.15) is 0 Å². The van der Waals surface area contributed by atoms with Crippen molar-refractivity contribution in [2.75, 3.05) is 19.6 Å². The van der Waals surface area contributed by atoms with Gasteiger partial charge >= 0.3 is 0 Å². The minimum Gasteiger partial charge on any atom is -0.338 e. The average molecular weight is 328 g/mol. The number of benzene rings is 1. The lowest BCUT2D eigenvalue weighted by Gasteiger charge is -2.41. The van der Waals surface area contributed by atoms with Gasteiger partial charge in [-0.05, 0) is 17.0 Å². The lowest BCUT2D eigenvalue weighted by molar-refractivity contribution is -0.141. The number of carbonyl (C=O) groups excluding carboxylic acids is 2. The molecule has 1 aliphatic heterocycles. The number of carbonyl (C=O) groups is 2. The summed E-state index contributed by atoms with van der Waals surface area (Å²) in [7, 11) is 0. The van der Waals surface area contributed by atoms with Crippen LogP contribution in [0.25, 0.3) is 0 Å². The zero-order valence-corrected chi connectivity index (χ0v) is 14.0. The molecule has 0 aliphatic carbocycles. The van der Waals surface area contributed by atoms with Gasteiger partial charge in [0, 0.05) is 31.4 Å². The SMILES string of the molecule is CC(=O)N1CCN(C(=O)Cc2cccs2)C[C@H]1c1ccccc1. The Kier molecular flexibility index (Phi) is 4.76. The first-order valence-corrected chi connectivity index (χ1v) is 8.65. The Morgan fingerprint density at radius 3 is 2.57 bits per heavy atom. The highest BCUT2D eigenvalue weighted by molar-refractivity contribution is 7.10. The second-order valence-corrected chi connectivity index (χ2v) is 6.77. The fourth-order valence-corrected chi connectivity index (χ4v) is 3.72. The van der Waals surface area contributed by atoms with E-state index in [9.17, 15) is 9.59 Å². The van der Waals surface area contributed by atoms with Crippen LogP contribution in [0.15, 0.2) is 47.8 Å². The van der Waals surface area contributed by atoms with Crippen LogP contribution in [0.3, 0.4) is 0 Å². The summed E-state index contributed by atoms with van der Waals surface area (Å²) >= 11 is 1.61. The van der Waals surface area contributed by atoms with E-state index < -0.39 is 0 Å². The predicted octanol–water partition coefficient (Wildman–Crippen LogP) is 2.72. The van der Waals surface area contributed by atoms with E-state index in [0.29, 0.717) is 26.1 Å². The lowest BCUT2D eigenvalue weighted by atomic mass is 10.0. The van der Waals surface area contributed by atoms with Crippen molar-refractivity contribution in [1.82, 2.24) is 9.80 Å². The minimum absolute atomic E-state index is 0.0595. The molecular weight excluding hydrogens is 308 g/mol. The fraction of sp³-hybridized carbons (Fsp3) is 0.333. The molecule has 3 rings (SSSR count). The van der Waals surface area contributed by atoms with E-state index in [0.717, 1.165) is 10.4 Å². The fourth-order valence-electron chi connectivity index (χ4n) is 3.02. The summed E-state index contributed by atoms with van der Waals surface area (Å²) in [4.78, 5) is 29.3. The molecule has 5 heteroatoms. The molecule has 1 aromatic heterocycles. The zero-order chi connectivity index (χ0) is 16.2. The molecule has 0 spiro atoms. The van der Waals surface area contributed by atoms with Gasteiger partial charge in [-0.2, -0.15) is 0 Å². The monoisotopic (exact) mass is 328 g/mol. The second kappa shape index (κ2) is 6.96. The highest BCUT2D eigenvalue weighted by Crippen LogP contribution is 2.26. The Morgan fingerprint density at radius 1 is 1.13 bits per heavy atom. The van der Waals surface area contributed by atoms with Crippen LogP contribution in [0.1, 0.15) is 23.4 Å². The van der Waals surface area contributed by atoms with E-state index >= 15 is 0 Å². The van der Waals surface area contributed by atoms with Gasteiger partial charge in [-0.3, -0.25) is 9.59 Å². The topological polar surface area (TPSA) is 40.6 Å². The van der Waals surface area contributed by atoms with Gasteiger partial charge in [0.15, 0.2) is 0 Å². The van der Waals surface area contributed by atoms with Crippen molar-refractivity contribution >= 4 is 23.2 Å². The number of hydrogen-bond donors (Lipinski definition) is 0. The van der Waals surface area contributed by atoms with Gasteiger partial charge in [0.05, 0.1) is 12.5 Å². The van der Waals surface area contributed by atoms with Crippen molar-refractivity contribution in [3.05, 3.63) is 58.3 Å². The van der Waals surface area contributed by atoms with E-state index in [4.69, 9.17) is 0 Å². The predicted molar refractivity (Wildman–Crippen MR) is 91.2 cm³/mol. The Labute approximate surface area is 140 Å². The van der Waals surface area contributed by atoms with Crippen LogP contribution in [0.4, 0.5) is 0 Å². The number of amides is 2.